The van der Waals surface area contributed by atoms with E-state index in [1.54, 1.807) is 18.2 Å². The van der Waals surface area contributed by atoms with Crippen molar-refractivity contribution >= 4 is 68.7 Å². The molecule has 1 saturated carbocycles. The molecule has 2 N–H and O–H groups in total. The molecule has 13 heteroatoms. The Morgan fingerprint density at radius 1 is 1.13 bits per heavy atom. The zero-order valence-corrected chi connectivity index (χ0v) is 23.8. The van der Waals surface area contributed by atoms with Gasteiger partial charge in [-0.1, -0.05) is 39.7 Å². The van der Waals surface area contributed by atoms with Crippen LogP contribution in [0.2, 0.25) is 0 Å². The van der Waals surface area contributed by atoms with Crippen molar-refractivity contribution in [3.05, 3.63) is 35.4 Å². The molecule has 2 aliphatic carbocycles. The Bertz CT molecular complexity index is 1340. The number of allylic oxidation sites excluding steroid dienone is 2. The highest BCUT2D eigenvalue weighted by atomic mass is 79.9. The average molecular weight is 644 g/mol. The van der Waals surface area contributed by atoms with Crippen molar-refractivity contribution in [1.29, 1.82) is 0 Å². The van der Waals surface area contributed by atoms with Crippen molar-refractivity contribution in [1.82, 2.24) is 9.80 Å². The Hall–Kier alpha value is -2.63. The van der Waals surface area contributed by atoms with Gasteiger partial charge in [0, 0.05) is 24.4 Å². The van der Waals surface area contributed by atoms with Crippen LogP contribution in [0.15, 0.2) is 29.8 Å². The Balaban J connectivity index is 1.65. The number of alkyl halides is 3. The fraction of sp³-hybridized carbons (Fsp3) is 0.500. The van der Waals surface area contributed by atoms with Gasteiger partial charge < -0.3 is 14.9 Å². The number of likely N-dealkylation sites (tertiary alicyclic amines) is 2. The number of imide groups is 2. The number of para-hydroxylation sites is 1. The van der Waals surface area contributed by atoms with Gasteiger partial charge in [-0.2, -0.15) is 0 Å². The average Bonchev–Trinajstić information content (AvgIpc) is 3.22. The number of nitrogens with zero attached hydrogens (tertiary/aromatic N) is 2. The molecule has 2 aliphatic heterocycles. The number of hydrogen-bond donors (Lipinski definition) is 2. The van der Waals surface area contributed by atoms with Crippen molar-refractivity contribution in [2.24, 2.45) is 17.8 Å². The number of fused-ring (bicyclic) bond motifs is 4. The van der Waals surface area contributed by atoms with Crippen LogP contribution in [0.4, 0.5) is 0 Å². The minimum Gasteiger partial charge on any atom is -0.504 e. The SMILES string of the molecule is COc1cccc([C@H]2C3=CC[C@@H]4C(=O)N(CCCC(=O)O)C(=O)[C@@H]4[C@@H]3C[C@@]3(Cl)C(=O)N(CBr)C(=O)[C@@]23Cl)c1O. The van der Waals surface area contributed by atoms with Crippen LogP contribution in [-0.4, -0.2) is 78.5 Å². The molecule has 1 aromatic rings. The maximum absolute atomic E-state index is 13.7. The minimum atomic E-state index is -2.04. The van der Waals surface area contributed by atoms with Gasteiger partial charge in [0.1, 0.15) is 0 Å². The normalized spacial score (nSPS) is 33.6. The van der Waals surface area contributed by atoms with Gasteiger partial charge in [0.05, 0.1) is 24.4 Å². The number of benzene rings is 1. The lowest BCUT2D eigenvalue weighted by Crippen LogP contribution is -2.60. The number of carbonyl (C=O) groups is 5. The van der Waals surface area contributed by atoms with E-state index >= 15 is 0 Å². The Morgan fingerprint density at radius 3 is 2.49 bits per heavy atom. The second kappa shape index (κ2) is 9.78. The third kappa shape index (κ3) is 3.76. The second-order valence-electron chi connectivity index (χ2n) is 10.2. The van der Waals surface area contributed by atoms with Gasteiger partial charge in [-0.3, -0.25) is 33.8 Å². The molecule has 0 bridgehead atoms. The molecule has 4 amide bonds. The summed E-state index contributed by atoms with van der Waals surface area (Å²) < 4.78 is 5.28. The number of amides is 4. The smallest absolute Gasteiger partial charge is 0.303 e. The van der Waals surface area contributed by atoms with Crippen LogP contribution in [-0.2, 0) is 24.0 Å². The first-order chi connectivity index (χ1) is 18.4. The largest absolute Gasteiger partial charge is 0.504 e. The van der Waals surface area contributed by atoms with Crippen molar-refractivity contribution in [2.75, 3.05) is 19.1 Å². The Morgan fingerprint density at radius 2 is 1.85 bits per heavy atom. The van der Waals surface area contributed by atoms with Crippen LogP contribution < -0.4 is 4.74 Å². The number of hydrogen-bond acceptors (Lipinski definition) is 7. The van der Waals surface area contributed by atoms with Gasteiger partial charge >= 0.3 is 5.97 Å². The molecule has 6 atom stereocenters. The summed E-state index contributed by atoms with van der Waals surface area (Å²) in [6.45, 7) is -0.0423. The number of aliphatic carboxylic acids is 1. The first kappa shape index (κ1) is 27.9. The molecule has 5 rings (SSSR count). The van der Waals surface area contributed by atoms with Crippen molar-refractivity contribution in [3.8, 4) is 11.5 Å². The second-order valence-corrected chi connectivity index (χ2v) is 12.0. The summed E-state index contributed by atoms with van der Waals surface area (Å²) in [5, 5.41) is 20.1. The number of halogens is 3. The maximum Gasteiger partial charge on any atom is 0.303 e. The summed E-state index contributed by atoms with van der Waals surface area (Å²) in [5.74, 6) is -7.01. The van der Waals surface area contributed by atoms with E-state index < -0.39 is 63.0 Å². The first-order valence-corrected chi connectivity index (χ1v) is 14.2. The number of phenols is 1. The number of aromatic hydroxyl groups is 1. The molecule has 0 spiro atoms. The van der Waals surface area contributed by atoms with E-state index in [9.17, 15) is 29.1 Å². The van der Waals surface area contributed by atoms with Gasteiger partial charge in [0.15, 0.2) is 21.2 Å². The van der Waals surface area contributed by atoms with Gasteiger partial charge in [-0.15, -0.1) is 23.2 Å². The topological polar surface area (TPSA) is 142 Å². The van der Waals surface area contributed by atoms with Crippen molar-refractivity contribution in [3.63, 3.8) is 0 Å². The van der Waals surface area contributed by atoms with E-state index in [1.165, 1.54) is 13.2 Å². The van der Waals surface area contributed by atoms with E-state index in [-0.39, 0.29) is 54.7 Å². The summed E-state index contributed by atoms with van der Waals surface area (Å²) in [7, 11) is 1.37. The van der Waals surface area contributed by atoms with Crippen LogP contribution in [0.3, 0.4) is 0 Å². The van der Waals surface area contributed by atoms with Crippen LogP contribution in [0, 0.1) is 17.8 Å². The summed E-state index contributed by atoms with van der Waals surface area (Å²) in [5.41, 5.74) is 0.586. The number of ether oxygens (including phenoxy) is 1. The predicted octanol–water partition coefficient (Wildman–Crippen LogP) is 2.98. The van der Waals surface area contributed by atoms with E-state index in [0.29, 0.717) is 5.57 Å². The van der Waals surface area contributed by atoms with Crippen molar-refractivity contribution in [2.45, 2.75) is 41.3 Å². The molecule has 0 unspecified atom stereocenters. The van der Waals surface area contributed by atoms with E-state index in [1.807, 2.05) is 0 Å². The summed E-state index contributed by atoms with van der Waals surface area (Å²) >= 11 is 17.4. The van der Waals surface area contributed by atoms with E-state index in [0.717, 1.165) is 9.80 Å². The van der Waals surface area contributed by atoms with Crippen LogP contribution >= 0.6 is 39.1 Å². The molecular formula is C26H25BrCl2N2O8. The highest BCUT2D eigenvalue weighted by molar-refractivity contribution is 9.09. The quantitative estimate of drug-likeness (QED) is 0.200. The number of carboxylic acid groups (broad SMARTS) is 1. The van der Waals surface area contributed by atoms with Crippen LogP contribution in [0.5, 0.6) is 11.5 Å². The third-order valence-corrected chi connectivity index (χ3v) is 10.4. The number of rotatable bonds is 7. The number of phenolic OH excluding ortho intramolecular Hbond substituents is 1. The molecule has 10 nitrogen and oxygen atoms in total. The standard InChI is InChI=1S/C26H25BrCl2N2O8/c1-39-16-5-2-4-14(20(16)34)19-12-7-8-13-18(22(36)30(21(13)35)9-3-6-17(32)33)15(12)10-25(28)23(37)31(11-27)24(38)26(19,25)29/h2,4-5,7,13,15,18-19,34H,3,6,8-11H2,1H3,(H,32,33)/t13-,15+,18-,19+,25+,26-/m0/s1. The molecule has 0 radical (unpaired) electrons. The summed E-state index contributed by atoms with van der Waals surface area (Å²) in [4.78, 5) is 63.2. The Kier molecular flexibility index (Phi) is 7.00. The summed E-state index contributed by atoms with van der Waals surface area (Å²) in [6.07, 6.45) is 1.66. The Labute approximate surface area is 242 Å². The fourth-order valence-electron chi connectivity index (χ4n) is 6.71. The lowest BCUT2D eigenvalue weighted by Gasteiger charge is -2.50. The lowest BCUT2D eigenvalue weighted by molar-refractivity contribution is -0.142. The maximum atomic E-state index is 13.7. The molecule has 0 aromatic heterocycles. The highest BCUT2D eigenvalue weighted by Gasteiger charge is 2.76. The molecule has 3 fully saturated rings. The monoisotopic (exact) mass is 642 g/mol. The zero-order chi connectivity index (χ0) is 28.4. The first-order valence-electron chi connectivity index (χ1n) is 12.4. The molecular weight excluding hydrogens is 619 g/mol. The van der Waals surface area contributed by atoms with Gasteiger partial charge in [0.25, 0.3) is 11.8 Å². The molecule has 208 valence electrons. The lowest BCUT2D eigenvalue weighted by atomic mass is 9.56. The zero-order valence-electron chi connectivity index (χ0n) is 20.7. The molecule has 2 saturated heterocycles. The van der Waals surface area contributed by atoms with Gasteiger partial charge in [0.2, 0.25) is 11.8 Å². The number of carbonyl (C=O) groups excluding carboxylic acids is 4. The fourth-order valence-corrected chi connectivity index (χ4v) is 8.13. The molecule has 4 aliphatic rings. The van der Waals surface area contributed by atoms with Gasteiger partial charge in [-0.05, 0) is 31.2 Å². The molecule has 1 aromatic carbocycles. The third-order valence-electron chi connectivity index (χ3n) is 8.44. The van der Waals surface area contributed by atoms with Crippen molar-refractivity contribution < 1.29 is 38.9 Å². The highest BCUT2D eigenvalue weighted by Crippen LogP contribution is 2.66. The van der Waals surface area contributed by atoms with Crippen LogP contribution in [0.25, 0.3) is 0 Å². The summed E-state index contributed by atoms with van der Waals surface area (Å²) in [6, 6.07) is 4.70. The van der Waals surface area contributed by atoms with Gasteiger partial charge in [-0.25, -0.2) is 0 Å². The van der Waals surface area contributed by atoms with E-state index in [2.05, 4.69) is 15.9 Å². The van der Waals surface area contributed by atoms with E-state index in [4.69, 9.17) is 33.0 Å². The molecule has 2 heterocycles. The molecule has 39 heavy (non-hydrogen) atoms. The number of carboxylic acids is 1. The van der Waals surface area contributed by atoms with Crippen LogP contribution in [0.1, 0.15) is 37.2 Å². The number of methoxy groups -OCH3 is 1. The predicted molar refractivity (Wildman–Crippen MR) is 142 cm³/mol. The minimum absolute atomic E-state index is 0.0423.